The van der Waals surface area contributed by atoms with E-state index in [-0.39, 0.29) is 9.67 Å². The topological polar surface area (TPSA) is 79.8 Å². The minimum atomic E-state index is -3.75. The van der Waals surface area contributed by atoms with Gasteiger partial charge in [0.05, 0.1) is 4.90 Å². The van der Waals surface area contributed by atoms with E-state index in [2.05, 4.69) is 15.0 Å². The molecule has 112 valence electrons. The Morgan fingerprint density at radius 1 is 1.00 bits per heavy atom. The molecular weight excluding hydrogens is 320 g/mol. The summed E-state index contributed by atoms with van der Waals surface area (Å²) >= 11 is 5.11. The van der Waals surface area contributed by atoms with E-state index >= 15 is 0 Å². The summed E-state index contributed by atoms with van der Waals surface area (Å²) in [7, 11) is -3.75. The fourth-order valence-electron chi connectivity index (χ4n) is 1.94. The quantitative estimate of drug-likeness (QED) is 0.720. The molecule has 0 fully saturated rings. The number of hydrogen-bond acceptors (Lipinski definition) is 4. The van der Waals surface area contributed by atoms with Gasteiger partial charge in [0.1, 0.15) is 0 Å². The van der Waals surface area contributed by atoms with Gasteiger partial charge in [-0.05, 0) is 24.4 Å². The number of aromatic amines is 1. The number of hydrogen-bond donors (Lipinski definition) is 2. The number of rotatable bonds is 4. The summed E-state index contributed by atoms with van der Waals surface area (Å²) in [5.74, 6) is 0.394. The van der Waals surface area contributed by atoms with Crippen molar-refractivity contribution in [3.8, 4) is 11.4 Å². The van der Waals surface area contributed by atoms with E-state index in [1.54, 1.807) is 18.2 Å². The maximum atomic E-state index is 12.4. The highest BCUT2D eigenvalue weighted by molar-refractivity contribution is 7.92. The summed E-state index contributed by atoms with van der Waals surface area (Å²) in [5, 5.41) is 6.68. The zero-order chi connectivity index (χ0) is 15.6. The standard InChI is InChI=1S/C14H12N4O2S2/c19-22(20,12-9-5-2-6-10-12)17-18-13(15-16-14(18)21)11-7-3-1-4-8-11/h1-10,17H,(H,16,21). The number of benzene rings is 2. The third kappa shape index (κ3) is 2.78. The molecule has 0 bridgehead atoms. The highest BCUT2D eigenvalue weighted by Crippen LogP contribution is 2.17. The second-order valence-corrected chi connectivity index (χ2v) is 6.51. The van der Waals surface area contributed by atoms with Gasteiger partial charge >= 0.3 is 0 Å². The number of nitrogens with zero attached hydrogens (tertiary/aromatic N) is 2. The first-order valence-corrected chi connectivity index (χ1v) is 8.28. The van der Waals surface area contributed by atoms with Crippen LogP contribution in [-0.2, 0) is 10.0 Å². The van der Waals surface area contributed by atoms with Gasteiger partial charge in [0.25, 0.3) is 10.0 Å². The van der Waals surface area contributed by atoms with Crippen LogP contribution in [0.15, 0.2) is 65.6 Å². The Kier molecular flexibility index (Phi) is 3.78. The van der Waals surface area contributed by atoms with Crippen LogP contribution in [0.2, 0.25) is 0 Å². The van der Waals surface area contributed by atoms with Crippen LogP contribution in [0, 0.1) is 4.77 Å². The lowest BCUT2D eigenvalue weighted by Gasteiger charge is -2.10. The van der Waals surface area contributed by atoms with Gasteiger partial charge in [-0.2, -0.15) is 18.2 Å². The SMILES string of the molecule is O=S(=O)(Nn1c(-c2ccccc2)n[nH]c1=S)c1ccccc1. The molecule has 0 spiro atoms. The monoisotopic (exact) mass is 332 g/mol. The summed E-state index contributed by atoms with van der Waals surface area (Å²) in [6, 6.07) is 17.2. The predicted molar refractivity (Wildman–Crippen MR) is 85.8 cm³/mol. The van der Waals surface area contributed by atoms with Crippen molar-refractivity contribution in [3.63, 3.8) is 0 Å². The van der Waals surface area contributed by atoms with Crippen LogP contribution < -0.4 is 4.83 Å². The van der Waals surface area contributed by atoms with Gasteiger partial charge in [-0.25, -0.2) is 9.93 Å². The summed E-state index contributed by atoms with van der Waals surface area (Å²) in [4.78, 5) is 2.59. The lowest BCUT2D eigenvalue weighted by atomic mass is 10.2. The molecule has 0 atom stereocenters. The van der Waals surface area contributed by atoms with Crippen molar-refractivity contribution in [1.29, 1.82) is 0 Å². The van der Waals surface area contributed by atoms with E-state index in [9.17, 15) is 8.42 Å². The first kappa shape index (κ1) is 14.5. The fraction of sp³-hybridized carbons (Fsp3) is 0. The zero-order valence-corrected chi connectivity index (χ0v) is 12.9. The molecule has 0 aliphatic heterocycles. The molecule has 0 unspecified atom stereocenters. The summed E-state index contributed by atoms with van der Waals surface area (Å²) < 4.78 is 26.2. The second-order valence-electron chi connectivity index (χ2n) is 4.46. The molecule has 2 aromatic carbocycles. The van der Waals surface area contributed by atoms with E-state index in [0.717, 1.165) is 5.56 Å². The molecular formula is C14H12N4O2S2. The average molecular weight is 332 g/mol. The van der Waals surface area contributed by atoms with Crippen LogP contribution in [0.1, 0.15) is 0 Å². The van der Waals surface area contributed by atoms with E-state index in [4.69, 9.17) is 12.2 Å². The summed E-state index contributed by atoms with van der Waals surface area (Å²) in [6.07, 6.45) is 0. The molecule has 0 saturated carbocycles. The number of sulfonamides is 1. The molecule has 8 heteroatoms. The van der Waals surface area contributed by atoms with Crippen LogP contribution in [0.4, 0.5) is 0 Å². The Balaban J connectivity index is 2.04. The van der Waals surface area contributed by atoms with Crippen molar-refractivity contribution in [2.75, 3.05) is 4.83 Å². The molecule has 0 radical (unpaired) electrons. The van der Waals surface area contributed by atoms with Crippen molar-refractivity contribution < 1.29 is 8.42 Å². The fourth-order valence-corrected chi connectivity index (χ4v) is 3.21. The van der Waals surface area contributed by atoms with Gasteiger partial charge in [-0.3, -0.25) is 0 Å². The van der Waals surface area contributed by atoms with Crippen LogP contribution in [0.5, 0.6) is 0 Å². The van der Waals surface area contributed by atoms with Crippen LogP contribution in [0.3, 0.4) is 0 Å². The van der Waals surface area contributed by atoms with Gasteiger partial charge in [-0.1, -0.05) is 48.5 Å². The Hall–Kier alpha value is -2.45. The number of H-pyrrole nitrogens is 1. The normalized spacial score (nSPS) is 11.3. The number of nitrogens with one attached hydrogen (secondary N) is 2. The first-order chi connectivity index (χ1) is 10.6. The molecule has 6 nitrogen and oxygen atoms in total. The van der Waals surface area contributed by atoms with Crippen molar-refractivity contribution in [2.24, 2.45) is 0 Å². The Morgan fingerprint density at radius 3 is 2.23 bits per heavy atom. The van der Waals surface area contributed by atoms with Gasteiger partial charge < -0.3 is 0 Å². The largest absolute Gasteiger partial charge is 0.275 e. The Morgan fingerprint density at radius 2 is 1.59 bits per heavy atom. The Bertz CT molecular complexity index is 932. The van der Waals surface area contributed by atoms with E-state index in [1.165, 1.54) is 16.8 Å². The smallest absolute Gasteiger partial charge is 0.250 e. The predicted octanol–water partition coefficient (Wildman–Crippen LogP) is 2.54. The van der Waals surface area contributed by atoms with Crippen LogP contribution in [0.25, 0.3) is 11.4 Å². The van der Waals surface area contributed by atoms with Gasteiger partial charge in [-0.15, -0.1) is 0 Å². The van der Waals surface area contributed by atoms with Gasteiger partial charge in [0, 0.05) is 5.56 Å². The van der Waals surface area contributed by atoms with Crippen LogP contribution >= 0.6 is 12.2 Å². The third-order valence-electron chi connectivity index (χ3n) is 2.97. The highest BCUT2D eigenvalue weighted by atomic mass is 32.2. The van der Waals surface area contributed by atoms with Crippen molar-refractivity contribution in [2.45, 2.75) is 4.90 Å². The second kappa shape index (κ2) is 5.74. The van der Waals surface area contributed by atoms with E-state index < -0.39 is 10.0 Å². The average Bonchev–Trinajstić information content (AvgIpc) is 2.90. The van der Waals surface area contributed by atoms with Gasteiger partial charge in [0.15, 0.2) is 5.82 Å². The summed E-state index contributed by atoms with van der Waals surface area (Å²) in [5.41, 5.74) is 0.741. The van der Waals surface area contributed by atoms with Crippen molar-refractivity contribution in [1.82, 2.24) is 14.9 Å². The van der Waals surface area contributed by atoms with E-state index in [1.807, 2.05) is 30.3 Å². The third-order valence-corrected chi connectivity index (χ3v) is 4.56. The molecule has 3 aromatic rings. The lowest BCUT2D eigenvalue weighted by molar-refractivity contribution is 0.595. The Labute approximate surface area is 132 Å². The molecule has 0 aliphatic rings. The van der Waals surface area contributed by atoms with Gasteiger partial charge in [0.2, 0.25) is 4.77 Å². The molecule has 22 heavy (non-hydrogen) atoms. The molecule has 1 aromatic heterocycles. The lowest BCUT2D eigenvalue weighted by Crippen LogP contribution is -2.24. The van der Waals surface area contributed by atoms with Crippen molar-refractivity contribution >= 4 is 22.2 Å². The number of aromatic nitrogens is 3. The summed E-state index contributed by atoms with van der Waals surface area (Å²) in [6.45, 7) is 0. The maximum Gasteiger partial charge on any atom is 0.275 e. The first-order valence-electron chi connectivity index (χ1n) is 6.39. The minimum absolute atomic E-state index is 0.150. The van der Waals surface area contributed by atoms with Crippen LogP contribution in [-0.4, -0.2) is 23.3 Å². The molecule has 1 heterocycles. The molecule has 0 aliphatic carbocycles. The minimum Gasteiger partial charge on any atom is -0.250 e. The molecule has 3 rings (SSSR count). The van der Waals surface area contributed by atoms with E-state index in [0.29, 0.717) is 5.82 Å². The molecule has 0 saturated heterocycles. The zero-order valence-electron chi connectivity index (χ0n) is 11.3. The highest BCUT2D eigenvalue weighted by Gasteiger charge is 2.17. The molecule has 2 N–H and O–H groups in total. The van der Waals surface area contributed by atoms with Crippen molar-refractivity contribution in [3.05, 3.63) is 65.4 Å². The maximum absolute atomic E-state index is 12.4. The molecule has 0 amide bonds.